The van der Waals surface area contributed by atoms with Crippen LogP contribution in [0.15, 0.2) is 72.8 Å². The highest BCUT2D eigenvalue weighted by molar-refractivity contribution is 6.51. The second-order valence-electron chi connectivity index (χ2n) is 8.88. The van der Waals surface area contributed by atoms with E-state index in [1.54, 1.807) is 31.2 Å². The van der Waals surface area contributed by atoms with E-state index in [0.29, 0.717) is 22.7 Å². The zero-order chi connectivity index (χ0) is 24.6. The Morgan fingerprint density at radius 1 is 0.941 bits per heavy atom. The molecule has 0 saturated carbocycles. The van der Waals surface area contributed by atoms with E-state index < -0.39 is 17.7 Å². The molecule has 1 N–H and O–H groups in total. The molecule has 3 aromatic rings. The molecule has 0 spiro atoms. The van der Waals surface area contributed by atoms with Crippen LogP contribution in [0.3, 0.4) is 0 Å². The Kier molecular flexibility index (Phi) is 6.16. The molecule has 0 bridgehead atoms. The van der Waals surface area contributed by atoms with E-state index >= 15 is 0 Å². The molecule has 1 aliphatic rings. The summed E-state index contributed by atoms with van der Waals surface area (Å²) in [5.41, 5.74) is 4.81. The van der Waals surface area contributed by atoms with Crippen molar-refractivity contribution < 1.29 is 14.7 Å². The normalized spacial score (nSPS) is 17.4. The van der Waals surface area contributed by atoms with Crippen molar-refractivity contribution in [1.29, 1.82) is 0 Å². The van der Waals surface area contributed by atoms with Gasteiger partial charge in [0, 0.05) is 5.56 Å². The topological polar surface area (TPSA) is 83.4 Å². The van der Waals surface area contributed by atoms with Gasteiger partial charge in [-0.3, -0.25) is 14.5 Å². The van der Waals surface area contributed by atoms with Crippen LogP contribution in [0.4, 0.5) is 5.82 Å². The molecule has 6 nitrogen and oxygen atoms in total. The molecule has 2 aromatic carbocycles. The number of rotatable bonds is 5. The molecule has 1 atom stereocenters. The molecule has 2 heterocycles. The Labute approximate surface area is 199 Å². The zero-order valence-corrected chi connectivity index (χ0v) is 19.7. The minimum absolute atomic E-state index is 0.0211. The van der Waals surface area contributed by atoms with Crippen LogP contribution in [-0.2, 0) is 9.59 Å². The summed E-state index contributed by atoms with van der Waals surface area (Å²) in [4.78, 5) is 27.7. The number of nitrogens with zero attached hydrogens (tertiary/aromatic N) is 3. The molecular formula is C28H27N3O3. The molecule has 0 radical (unpaired) electrons. The number of aliphatic hydroxyl groups is 1. The van der Waals surface area contributed by atoms with Crippen LogP contribution in [0.5, 0.6) is 0 Å². The first-order valence-corrected chi connectivity index (χ1v) is 11.2. The summed E-state index contributed by atoms with van der Waals surface area (Å²) in [5, 5.41) is 19.5. The third-order valence-electron chi connectivity index (χ3n) is 6.05. The van der Waals surface area contributed by atoms with E-state index in [2.05, 4.69) is 30.6 Å². The third-order valence-corrected chi connectivity index (χ3v) is 6.05. The Bertz CT molecular complexity index is 1290. The Morgan fingerprint density at radius 2 is 1.56 bits per heavy atom. The summed E-state index contributed by atoms with van der Waals surface area (Å²) in [5.74, 6) is -1.16. The lowest BCUT2D eigenvalue weighted by atomic mass is 9.93. The first kappa shape index (κ1) is 23.1. The molecule has 1 amide bonds. The van der Waals surface area contributed by atoms with Gasteiger partial charge in [0.15, 0.2) is 5.82 Å². The third kappa shape index (κ3) is 4.15. The number of Topliss-reactive ketones (excluding diaryl/α,β-unsaturated/α-hetero) is 1. The number of carbonyl (C=O) groups excluding carboxylic acids is 2. The van der Waals surface area contributed by atoms with Gasteiger partial charge in [0.25, 0.3) is 5.78 Å². The summed E-state index contributed by atoms with van der Waals surface area (Å²) < 4.78 is 0. The van der Waals surface area contributed by atoms with Crippen LogP contribution >= 0.6 is 0 Å². The fourth-order valence-corrected chi connectivity index (χ4v) is 4.04. The number of aryl methyl sites for hydroxylation is 1. The van der Waals surface area contributed by atoms with Gasteiger partial charge < -0.3 is 5.11 Å². The van der Waals surface area contributed by atoms with Crippen molar-refractivity contribution in [2.45, 2.75) is 39.7 Å². The predicted molar refractivity (Wildman–Crippen MR) is 133 cm³/mol. The van der Waals surface area contributed by atoms with Crippen molar-refractivity contribution >= 4 is 28.8 Å². The highest BCUT2D eigenvalue weighted by atomic mass is 16.3. The maximum absolute atomic E-state index is 13.2. The van der Waals surface area contributed by atoms with Crippen LogP contribution in [-0.4, -0.2) is 27.0 Å². The molecule has 0 aliphatic carbocycles. The van der Waals surface area contributed by atoms with Gasteiger partial charge in [-0.1, -0.05) is 74.5 Å². The number of amides is 1. The highest BCUT2D eigenvalue weighted by Gasteiger charge is 2.47. The van der Waals surface area contributed by atoms with Crippen LogP contribution < -0.4 is 4.90 Å². The first-order chi connectivity index (χ1) is 16.2. The number of carbonyl (C=O) groups is 2. The van der Waals surface area contributed by atoms with Gasteiger partial charge in [-0.15, -0.1) is 5.10 Å². The molecule has 172 valence electrons. The lowest BCUT2D eigenvalue weighted by Crippen LogP contribution is -2.30. The van der Waals surface area contributed by atoms with Crippen LogP contribution in [0, 0.1) is 6.92 Å². The summed E-state index contributed by atoms with van der Waals surface area (Å²) in [6.07, 6.45) is 0. The van der Waals surface area contributed by atoms with Gasteiger partial charge in [0.05, 0.1) is 17.3 Å². The molecular weight excluding hydrogens is 426 g/mol. The van der Waals surface area contributed by atoms with E-state index in [1.807, 2.05) is 43.3 Å². The van der Waals surface area contributed by atoms with Crippen molar-refractivity contribution in [3.8, 4) is 0 Å². The number of aliphatic hydroxyl groups excluding tert-OH is 1. The molecule has 4 rings (SSSR count). The smallest absolute Gasteiger partial charge is 0.301 e. The minimum atomic E-state index is -0.846. The van der Waals surface area contributed by atoms with E-state index in [-0.39, 0.29) is 17.2 Å². The number of hydrogen-bond donors (Lipinski definition) is 1. The van der Waals surface area contributed by atoms with Gasteiger partial charge in [0.2, 0.25) is 0 Å². The van der Waals surface area contributed by atoms with E-state index in [1.165, 1.54) is 4.90 Å². The summed E-state index contributed by atoms with van der Waals surface area (Å²) in [6.45, 7) is 11.8. The second-order valence-corrected chi connectivity index (χ2v) is 8.88. The zero-order valence-electron chi connectivity index (χ0n) is 19.7. The average Bonchev–Trinajstić information content (AvgIpc) is 3.09. The van der Waals surface area contributed by atoms with Crippen LogP contribution in [0.25, 0.3) is 11.3 Å². The number of benzene rings is 2. The van der Waals surface area contributed by atoms with Crippen molar-refractivity contribution in [3.63, 3.8) is 0 Å². The molecule has 1 unspecified atom stereocenters. The fraction of sp³-hybridized carbons (Fsp3) is 0.214. The van der Waals surface area contributed by atoms with E-state index in [9.17, 15) is 14.7 Å². The first-order valence-electron chi connectivity index (χ1n) is 11.2. The summed E-state index contributed by atoms with van der Waals surface area (Å²) in [7, 11) is 0. The van der Waals surface area contributed by atoms with Crippen LogP contribution in [0.1, 0.15) is 60.7 Å². The van der Waals surface area contributed by atoms with E-state index in [4.69, 9.17) is 0 Å². The Hall–Kier alpha value is -4.06. The number of anilines is 1. The lowest BCUT2D eigenvalue weighted by molar-refractivity contribution is -0.132. The number of allylic oxidation sites excluding steroid dienone is 1. The number of hydrogen-bond acceptors (Lipinski definition) is 5. The Balaban J connectivity index is 1.90. The van der Waals surface area contributed by atoms with Crippen molar-refractivity contribution in [2.24, 2.45) is 0 Å². The van der Waals surface area contributed by atoms with Crippen molar-refractivity contribution in [2.75, 3.05) is 4.90 Å². The summed E-state index contributed by atoms with van der Waals surface area (Å²) in [6, 6.07) is 17.3. The molecule has 1 fully saturated rings. The van der Waals surface area contributed by atoms with Crippen molar-refractivity contribution in [1.82, 2.24) is 10.2 Å². The standard InChI is InChI=1S/C28H27N3O3/c1-16(2)19-7-11-21(12-8-19)25-24(26(32)22-13-9-20(10-14-22)17(3)4)27(33)28(34)31(25)23-15-6-18(5)29-30-23/h6-15,17,25,32H,1H2,2-5H3. The van der Waals surface area contributed by atoms with Gasteiger partial charge in [-0.2, -0.15) is 5.10 Å². The van der Waals surface area contributed by atoms with Gasteiger partial charge >= 0.3 is 5.91 Å². The highest BCUT2D eigenvalue weighted by Crippen LogP contribution is 2.41. The van der Waals surface area contributed by atoms with Gasteiger partial charge in [0.1, 0.15) is 5.76 Å². The van der Waals surface area contributed by atoms with E-state index in [0.717, 1.165) is 16.7 Å². The SMILES string of the molecule is C=C(C)c1ccc(C2C(=C(O)c3ccc(C(C)C)cc3)C(=O)C(=O)N2c2ccc(C)nn2)cc1. The molecule has 6 heteroatoms. The van der Waals surface area contributed by atoms with Crippen molar-refractivity contribution in [3.05, 3.63) is 101 Å². The van der Waals surface area contributed by atoms with Gasteiger partial charge in [-0.25, -0.2) is 0 Å². The number of ketones is 1. The molecule has 1 aromatic heterocycles. The quantitative estimate of drug-likeness (QED) is 0.310. The number of aromatic nitrogens is 2. The molecule has 1 saturated heterocycles. The predicted octanol–water partition coefficient (Wildman–Crippen LogP) is 5.57. The largest absolute Gasteiger partial charge is 0.507 e. The fourth-order valence-electron chi connectivity index (χ4n) is 4.04. The Morgan fingerprint density at radius 3 is 2.09 bits per heavy atom. The summed E-state index contributed by atoms with van der Waals surface area (Å²) >= 11 is 0. The minimum Gasteiger partial charge on any atom is -0.507 e. The average molecular weight is 454 g/mol. The second kappa shape index (κ2) is 9.06. The molecule has 1 aliphatic heterocycles. The monoisotopic (exact) mass is 453 g/mol. The lowest BCUT2D eigenvalue weighted by Gasteiger charge is -2.24. The van der Waals surface area contributed by atoms with Crippen LogP contribution in [0.2, 0.25) is 0 Å². The maximum Gasteiger partial charge on any atom is 0.301 e. The maximum atomic E-state index is 13.2. The molecule has 34 heavy (non-hydrogen) atoms. The van der Waals surface area contributed by atoms with Gasteiger partial charge in [-0.05, 0) is 48.6 Å².